The molecular formula is C30H28BrP. The first-order chi connectivity index (χ1) is 15.5. The third-order valence-electron chi connectivity index (χ3n) is 6.91. The van der Waals surface area contributed by atoms with Crippen molar-refractivity contribution in [3.05, 3.63) is 123 Å². The lowest BCUT2D eigenvalue weighted by atomic mass is 9.68. The molecule has 0 heterocycles. The summed E-state index contributed by atoms with van der Waals surface area (Å²) in [7, 11) is -0.544. The summed E-state index contributed by atoms with van der Waals surface area (Å²) in [5.74, 6) is 0.411. The van der Waals surface area contributed by atoms with Gasteiger partial charge in [-0.05, 0) is 59.8 Å². The van der Waals surface area contributed by atoms with Crippen LogP contribution in [0, 0.1) is 5.41 Å². The van der Waals surface area contributed by atoms with Gasteiger partial charge >= 0.3 is 0 Å². The predicted molar refractivity (Wildman–Crippen MR) is 144 cm³/mol. The van der Waals surface area contributed by atoms with Gasteiger partial charge in [0, 0.05) is 10.4 Å². The van der Waals surface area contributed by atoms with Gasteiger partial charge in [-0.1, -0.05) is 132 Å². The maximum absolute atomic E-state index is 3.77. The Kier molecular flexibility index (Phi) is 5.82. The molecule has 1 unspecified atom stereocenters. The topological polar surface area (TPSA) is 0 Å². The van der Waals surface area contributed by atoms with Gasteiger partial charge in [0.15, 0.2) is 0 Å². The molecule has 5 rings (SSSR count). The molecule has 160 valence electrons. The summed E-state index contributed by atoms with van der Waals surface area (Å²) in [4.78, 5) is 0. The molecule has 0 radical (unpaired) electrons. The molecule has 0 nitrogen and oxygen atoms in total. The standard InChI is InChI=1S/C30H28BrP/c1-21-19-27-26(15-10-16-28(27)31)29(21)30(2,3)22-17-18-25(20-22)32(23-11-6-4-7-12-23)24-13-8-5-9-14-24/h4-16,18-20,29H,17H2,1-3H3. The van der Waals surface area contributed by atoms with E-state index < -0.39 is 7.92 Å². The summed E-state index contributed by atoms with van der Waals surface area (Å²) in [6, 6.07) is 28.7. The molecule has 0 bridgehead atoms. The molecule has 32 heavy (non-hydrogen) atoms. The van der Waals surface area contributed by atoms with Crippen molar-refractivity contribution in [3.63, 3.8) is 0 Å². The molecule has 0 fully saturated rings. The Morgan fingerprint density at radius 1 is 0.812 bits per heavy atom. The Labute approximate surface area is 201 Å². The molecule has 0 aliphatic heterocycles. The van der Waals surface area contributed by atoms with Gasteiger partial charge in [-0.2, -0.15) is 0 Å². The molecule has 0 amide bonds. The van der Waals surface area contributed by atoms with Crippen LogP contribution in [0.4, 0.5) is 0 Å². The predicted octanol–water partition coefficient (Wildman–Crippen LogP) is 8.32. The first-order valence-corrected chi connectivity index (χ1v) is 13.4. The fraction of sp³-hybridized carbons (Fsp3) is 0.200. The van der Waals surface area contributed by atoms with Crippen LogP contribution in [0.15, 0.2) is 112 Å². The maximum Gasteiger partial charge on any atom is 0.0250 e. The normalized spacial score (nSPS) is 17.8. The van der Waals surface area contributed by atoms with E-state index >= 15 is 0 Å². The summed E-state index contributed by atoms with van der Waals surface area (Å²) in [5, 5.41) is 4.32. The number of hydrogen-bond acceptors (Lipinski definition) is 0. The van der Waals surface area contributed by atoms with Crippen molar-refractivity contribution in [2.45, 2.75) is 33.1 Å². The van der Waals surface area contributed by atoms with Crippen molar-refractivity contribution in [1.29, 1.82) is 0 Å². The fourth-order valence-corrected chi connectivity index (χ4v) is 8.26. The lowest BCUT2D eigenvalue weighted by Gasteiger charge is -2.35. The number of benzene rings is 3. The van der Waals surface area contributed by atoms with Gasteiger partial charge in [-0.25, -0.2) is 0 Å². The number of rotatable bonds is 5. The van der Waals surface area contributed by atoms with Gasteiger partial charge in [0.05, 0.1) is 0 Å². The second kappa shape index (κ2) is 8.62. The van der Waals surface area contributed by atoms with E-state index in [4.69, 9.17) is 0 Å². The Morgan fingerprint density at radius 2 is 1.44 bits per heavy atom. The lowest BCUT2D eigenvalue weighted by molar-refractivity contribution is 0.383. The molecule has 2 aliphatic carbocycles. The Balaban J connectivity index is 1.53. The lowest BCUT2D eigenvalue weighted by Crippen LogP contribution is -2.24. The van der Waals surface area contributed by atoms with Crippen LogP contribution in [0.3, 0.4) is 0 Å². The third-order valence-corrected chi connectivity index (χ3v) is 10.1. The molecule has 2 aliphatic rings. The molecule has 0 aromatic heterocycles. The molecular weight excluding hydrogens is 471 g/mol. The summed E-state index contributed by atoms with van der Waals surface area (Å²) in [6.07, 6.45) is 8.41. The molecule has 0 N–H and O–H groups in total. The Morgan fingerprint density at radius 3 is 2.06 bits per heavy atom. The average Bonchev–Trinajstić information content (AvgIpc) is 3.41. The first-order valence-electron chi connectivity index (χ1n) is 11.2. The van der Waals surface area contributed by atoms with Gasteiger partial charge < -0.3 is 0 Å². The van der Waals surface area contributed by atoms with E-state index in [0.29, 0.717) is 5.92 Å². The smallest absolute Gasteiger partial charge is 0.0250 e. The van der Waals surface area contributed by atoms with E-state index in [1.54, 1.807) is 0 Å². The second-order valence-electron chi connectivity index (χ2n) is 9.29. The van der Waals surface area contributed by atoms with Crippen LogP contribution in [-0.2, 0) is 0 Å². The van der Waals surface area contributed by atoms with Crippen LogP contribution in [-0.4, -0.2) is 0 Å². The van der Waals surface area contributed by atoms with E-state index in [-0.39, 0.29) is 5.41 Å². The molecule has 0 saturated heterocycles. The highest BCUT2D eigenvalue weighted by atomic mass is 79.9. The third kappa shape index (κ3) is 3.76. The zero-order valence-electron chi connectivity index (χ0n) is 18.8. The van der Waals surface area contributed by atoms with Crippen LogP contribution < -0.4 is 10.6 Å². The molecule has 2 heteroatoms. The van der Waals surface area contributed by atoms with E-state index in [1.807, 2.05) is 0 Å². The highest BCUT2D eigenvalue weighted by Gasteiger charge is 2.40. The van der Waals surface area contributed by atoms with Gasteiger partial charge in [-0.15, -0.1) is 0 Å². The second-order valence-corrected chi connectivity index (χ2v) is 12.4. The number of hydrogen-bond donors (Lipinski definition) is 0. The average molecular weight is 499 g/mol. The monoisotopic (exact) mass is 498 g/mol. The molecule has 0 saturated carbocycles. The highest BCUT2D eigenvalue weighted by molar-refractivity contribution is 9.10. The zero-order valence-corrected chi connectivity index (χ0v) is 21.3. The minimum atomic E-state index is -0.544. The maximum atomic E-state index is 3.77. The van der Waals surface area contributed by atoms with Gasteiger partial charge in [0.1, 0.15) is 0 Å². The SMILES string of the molecule is CC1=Cc2c(Br)cccc2C1C(C)(C)C1=CC(P(c2ccccc2)c2ccccc2)=CC1. The number of halogens is 1. The largest absolute Gasteiger partial charge is 0.0721 e. The quantitative estimate of drug-likeness (QED) is 0.310. The van der Waals surface area contributed by atoms with Crippen LogP contribution >= 0.6 is 23.9 Å². The Bertz CT molecular complexity index is 1190. The number of fused-ring (bicyclic) bond motifs is 1. The van der Waals surface area contributed by atoms with E-state index in [1.165, 1.54) is 42.7 Å². The summed E-state index contributed by atoms with van der Waals surface area (Å²) >= 11 is 3.77. The van der Waals surface area contributed by atoms with Gasteiger partial charge in [0.2, 0.25) is 0 Å². The van der Waals surface area contributed by atoms with E-state index in [0.717, 1.165) is 6.42 Å². The van der Waals surface area contributed by atoms with Crippen LogP contribution in [0.1, 0.15) is 44.2 Å². The van der Waals surface area contributed by atoms with Crippen molar-refractivity contribution in [2.75, 3.05) is 0 Å². The van der Waals surface area contributed by atoms with Crippen molar-refractivity contribution in [2.24, 2.45) is 5.41 Å². The molecule has 0 spiro atoms. The highest BCUT2D eigenvalue weighted by Crippen LogP contribution is 2.56. The van der Waals surface area contributed by atoms with Gasteiger partial charge in [0.25, 0.3) is 0 Å². The van der Waals surface area contributed by atoms with E-state index in [9.17, 15) is 0 Å². The first kappa shape index (κ1) is 21.6. The van der Waals surface area contributed by atoms with Gasteiger partial charge in [-0.3, -0.25) is 0 Å². The van der Waals surface area contributed by atoms with Crippen molar-refractivity contribution < 1.29 is 0 Å². The minimum Gasteiger partial charge on any atom is -0.0721 e. The zero-order chi connectivity index (χ0) is 22.3. The van der Waals surface area contributed by atoms with Crippen molar-refractivity contribution in [1.82, 2.24) is 0 Å². The van der Waals surface area contributed by atoms with Crippen molar-refractivity contribution in [3.8, 4) is 0 Å². The molecule has 1 atom stereocenters. The number of allylic oxidation sites excluding steroid dienone is 5. The summed E-state index contributed by atoms with van der Waals surface area (Å²) in [5.41, 5.74) is 5.85. The van der Waals surface area contributed by atoms with E-state index in [2.05, 4.69) is 134 Å². The summed E-state index contributed by atoms with van der Waals surface area (Å²) in [6.45, 7) is 7.16. The molecule has 3 aromatic carbocycles. The fourth-order valence-electron chi connectivity index (χ4n) is 5.37. The minimum absolute atomic E-state index is 0.0548. The van der Waals surface area contributed by atoms with Crippen LogP contribution in [0.2, 0.25) is 0 Å². The van der Waals surface area contributed by atoms with Crippen LogP contribution in [0.5, 0.6) is 0 Å². The van der Waals surface area contributed by atoms with Crippen molar-refractivity contribution >= 4 is 40.5 Å². The van der Waals surface area contributed by atoms with Crippen LogP contribution in [0.25, 0.3) is 6.08 Å². The summed E-state index contributed by atoms with van der Waals surface area (Å²) < 4.78 is 1.20. The molecule has 3 aromatic rings. The Hall–Kier alpha value is -2.21.